The van der Waals surface area contributed by atoms with Gasteiger partial charge in [-0.25, -0.2) is 9.37 Å². The highest BCUT2D eigenvalue weighted by Crippen LogP contribution is 2.35. The van der Waals surface area contributed by atoms with Crippen LogP contribution in [0.5, 0.6) is 0 Å². The lowest BCUT2D eigenvalue weighted by atomic mass is 9.86. The summed E-state index contributed by atoms with van der Waals surface area (Å²) in [5.41, 5.74) is 4.47. The number of hydrogen-bond acceptors (Lipinski definition) is 5. The van der Waals surface area contributed by atoms with E-state index in [1.165, 1.54) is 13.0 Å². The average molecular weight is 580 g/mol. The molecule has 0 unspecified atom stereocenters. The summed E-state index contributed by atoms with van der Waals surface area (Å²) in [4.78, 5) is 31.2. The second kappa shape index (κ2) is 11.6. The van der Waals surface area contributed by atoms with Crippen molar-refractivity contribution in [3.8, 4) is 6.07 Å². The quantitative estimate of drug-likeness (QED) is 0.347. The van der Waals surface area contributed by atoms with Crippen molar-refractivity contribution in [3.05, 3.63) is 99.8 Å². The highest BCUT2D eigenvalue weighted by molar-refractivity contribution is 6.09. The van der Waals surface area contributed by atoms with E-state index in [2.05, 4.69) is 16.4 Å². The van der Waals surface area contributed by atoms with Crippen LogP contribution in [-0.4, -0.2) is 34.4 Å². The summed E-state index contributed by atoms with van der Waals surface area (Å²) >= 11 is 0. The molecule has 0 bridgehead atoms. The standard InChI is InChI=1S/C31H29F4N5O2/c1-18-27(39-29(42)23-15-26(28(37)41)38-25-14-21(32)11-12-22(23)25)24(31(33,34)35)6-4-5-13-40(18)16-19-7-9-20(10-8-19)30(2,3)17-36/h6-12,14-15H,4-5,13,16H2,1-3H3,(H2,37,41)(H,39,42)/b24-6-,27-18+. The summed E-state index contributed by atoms with van der Waals surface area (Å²) in [5, 5.41) is 12.0. The Bertz CT molecular complexity index is 1650. The van der Waals surface area contributed by atoms with Crippen molar-refractivity contribution in [2.75, 3.05) is 6.54 Å². The third kappa shape index (κ3) is 6.43. The van der Waals surface area contributed by atoms with E-state index >= 15 is 0 Å². The number of halogens is 4. The lowest BCUT2D eigenvalue weighted by Crippen LogP contribution is -2.35. The number of carbonyl (C=O) groups excluding carboxylic acids is 2. The number of allylic oxidation sites excluding steroid dienone is 3. The first-order chi connectivity index (χ1) is 19.7. The molecule has 0 saturated carbocycles. The zero-order chi connectivity index (χ0) is 30.8. The van der Waals surface area contributed by atoms with Crippen LogP contribution in [0.15, 0.2) is 71.6 Å². The predicted molar refractivity (Wildman–Crippen MR) is 149 cm³/mol. The van der Waals surface area contributed by atoms with Gasteiger partial charge in [0.15, 0.2) is 0 Å². The van der Waals surface area contributed by atoms with Crippen LogP contribution in [-0.2, 0) is 12.0 Å². The van der Waals surface area contributed by atoms with Gasteiger partial charge in [-0.15, -0.1) is 0 Å². The van der Waals surface area contributed by atoms with Crippen LogP contribution in [0, 0.1) is 17.1 Å². The smallest absolute Gasteiger partial charge is 0.369 e. The SMILES string of the molecule is C/C1=C(NC(=O)c2cc(C(N)=O)nc3cc(F)ccc23)/C(C(F)(F)F)=C/CCCN1Cc1ccc(C(C)(C)C#N)cc1. The van der Waals surface area contributed by atoms with Crippen molar-refractivity contribution in [2.45, 2.75) is 51.7 Å². The Morgan fingerprint density at radius 3 is 2.43 bits per heavy atom. The molecule has 1 aromatic heterocycles. The van der Waals surface area contributed by atoms with Gasteiger partial charge < -0.3 is 16.0 Å². The van der Waals surface area contributed by atoms with Gasteiger partial charge in [0, 0.05) is 30.2 Å². The first kappa shape index (κ1) is 30.2. The zero-order valence-corrected chi connectivity index (χ0v) is 23.3. The predicted octanol–water partition coefficient (Wildman–Crippen LogP) is 6.02. The zero-order valence-electron chi connectivity index (χ0n) is 23.3. The number of hydrogen-bond donors (Lipinski definition) is 2. The maximum atomic E-state index is 14.3. The molecular weight excluding hydrogens is 550 g/mol. The van der Waals surface area contributed by atoms with Crippen molar-refractivity contribution in [2.24, 2.45) is 5.73 Å². The third-order valence-electron chi connectivity index (χ3n) is 7.23. The molecule has 3 N–H and O–H groups in total. The van der Waals surface area contributed by atoms with E-state index in [1.807, 2.05) is 24.3 Å². The molecule has 11 heteroatoms. The minimum Gasteiger partial charge on any atom is -0.369 e. The summed E-state index contributed by atoms with van der Waals surface area (Å²) in [6, 6.07) is 14.0. The molecule has 0 aliphatic carbocycles. The van der Waals surface area contributed by atoms with Gasteiger partial charge in [0.2, 0.25) is 0 Å². The third-order valence-corrected chi connectivity index (χ3v) is 7.23. The molecule has 2 heterocycles. The van der Waals surface area contributed by atoms with Crippen LogP contribution in [0.4, 0.5) is 17.6 Å². The first-order valence-corrected chi connectivity index (χ1v) is 13.2. The number of rotatable bonds is 6. The Morgan fingerprint density at radius 2 is 1.81 bits per heavy atom. The highest BCUT2D eigenvalue weighted by Gasteiger charge is 2.38. The maximum absolute atomic E-state index is 14.3. The molecule has 2 aromatic carbocycles. The van der Waals surface area contributed by atoms with E-state index in [0.29, 0.717) is 13.0 Å². The molecule has 0 fully saturated rings. The Hall–Kier alpha value is -4.72. The molecule has 42 heavy (non-hydrogen) atoms. The summed E-state index contributed by atoms with van der Waals surface area (Å²) in [7, 11) is 0. The topological polar surface area (TPSA) is 112 Å². The number of amides is 2. The second-order valence-electron chi connectivity index (χ2n) is 10.6. The lowest BCUT2D eigenvalue weighted by Gasteiger charge is -2.31. The van der Waals surface area contributed by atoms with Gasteiger partial charge in [0.05, 0.1) is 33.8 Å². The van der Waals surface area contributed by atoms with Gasteiger partial charge in [-0.2, -0.15) is 18.4 Å². The van der Waals surface area contributed by atoms with Crippen LogP contribution >= 0.6 is 0 Å². The van der Waals surface area contributed by atoms with E-state index in [1.54, 1.807) is 18.7 Å². The average Bonchev–Trinajstić information content (AvgIpc) is 2.93. The molecule has 7 nitrogen and oxygen atoms in total. The molecule has 3 aromatic rings. The summed E-state index contributed by atoms with van der Waals surface area (Å²) in [5.74, 6) is -2.60. The number of aromatic nitrogens is 1. The Kier molecular flexibility index (Phi) is 8.38. The minimum absolute atomic E-state index is 0.0453. The highest BCUT2D eigenvalue weighted by atomic mass is 19.4. The van der Waals surface area contributed by atoms with Crippen molar-refractivity contribution < 1.29 is 27.2 Å². The van der Waals surface area contributed by atoms with Crippen LogP contribution in [0.1, 0.15) is 65.6 Å². The molecule has 218 valence electrons. The maximum Gasteiger partial charge on any atom is 0.418 e. The number of fused-ring (bicyclic) bond motifs is 1. The largest absolute Gasteiger partial charge is 0.418 e. The second-order valence-corrected chi connectivity index (χ2v) is 10.6. The number of nitrogens with one attached hydrogen (secondary N) is 1. The first-order valence-electron chi connectivity index (χ1n) is 13.2. The molecule has 4 rings (SSSR count). The van der Waals surface area contributed by atoms with Crippen LogP contribution in [0.25, 0.3) is 10.9 Å². The molecule has 0 atom stereocenters. The summed E-state index contributed by atoms with van der Waals surface area (Å²) in [6.07, 6.45) is -3.15. The Labute approximate surface area is 240 Å². The normalized spacial score (nSPS) is 17.6. The number of nitriles is 1. The van der Waals surface area contributed by atoms with Gasteiger partial charge in [0.25, 0.3) is 11.8 Å². The van der Waals surface area contributed by atoms with Crippen LogP contribution in [0.3, 0.4) is 0 Å². The number of alkyl halides is 3. The summed E-state index contributed by atoms with van der Waals surface area (Å²) in [6.45, 7) is 5.76. The van der Waals surface area contributed by atoms with Gasteiger partial charge in [-0.3, -0.25) is 9.59 Å². The minimum atomic E-state index is -4.78. The number of nitrogens with zero attached hydrogens (tertiary/aromatic N) is 3. The van der Waals surface area contributed by atoms with Crippen LogP contribution < -0.4 is 11.1 Å². The van der Waals surface area contributed by atoms with E-state index in [-0.39, 0.29) is 40.8 Å². The van der Waals surface area contributed by atoms with E-state index < -0.39 is 40.5 Å². The lowest BCUT2D eigenvalue weighted by molar-refractivity contribution is -0.0903. The molecule has 0 saturated heterocycles. The van der Waals surface area contributed by atoms with Crippen molar-refractivity contribution >= 4 is 22.7 Å². The fraction of sp³-hybridized carbons (Fsp3) is 0.290. The molecule has 2 amide bonds. The van der Waals surface area contributed by atoms with Gasteiger partial charge in [-0.05, 0) is 62.9 Å². The monoisotopic (exact) mass is 579 g/mol. The van der Waals surface area contributed by atoms with Gasteiger partial charge in [-0.1, -0.05) is 30.3 Å². The van der Waals surface area contributed by atoms with Gasteiger partial charge in [0.1, 0.15) is 11.5 Å². The Balaban J connectivity index is 1.77. The number of primary amides is 1. The number of carbonyl (C=O) groups is 2. The van der Waals surface area contributed by atoms with E-state index in [9.17, 15) is 32.4 Å². The number of benzene rings is 2. The number of nitrogens with two attached hydrogens (primary N) is 1. The fourth-order valence-corrected chi connectivity index (χ4v) is 4.77. The van der Waals surface area contributed by atoms with E-state index in [4.69, 9.17) is 5.73 Å². The molecule has 1 aliphatic rings. The van der Waals surface area contributed by atoms with Gasteiger partial charge >= 0.3 is 6.18 Å². The van der Waals surface area contributed by atoms with Crippen molar-refractivity contribution in [1.29, 1.82) is 5.26 Å². The molecule has 0 radical (unpaired) electrons. The van der Waals surface area contributed by atoms with E-state index in [0.717, 1.165) is 35.4 Å². The number of pyridine rings is 1. The Morgan fingerprint density at radius 1 is 1.12 bits per heavy atom. The fourth-order valence-electron chi connectivity index (χ4n) is 4.77. The summed E-state index contributed by atoms with van der Waals surface area (Å²) < 4.78 is 56.9. The molecule has 1 aliphatic heterocycles. The molecular formula is C31H29F4N5O2. The van der Waals surface area contributed by atoms with Crippen molar-refractivity contribution in [1.82, 2.24) is 15.2 Å². The molecule has 0 spiro atoms. The van der Waals surface area contributed by atoms with Crippen LogP contribution in [0.2, 0.25) is 0 Å². The van der Waals surface area contributed by atoms with Crippen molar-refractivity contribution in [3.63, 3.8) is 0 Å².